The first-order chi connectivity index (χ1) is 11.1. The minimum absolute atomic E-state index is 0.745. The lowest BCUT2D eigenvalue weighted by molar-refractivity contribution is 0.634. The second kappa shape index (κ2) is 6.60. The second-order valence-corrected chi connectivity index (χ2v) is 5.65. The van der Waals surface area contributed by atoms with Crippen LogP contribution in [-0.4, -0.2) is 42.9 Å². The Kier molecular flexibility index (Phi) is 4.36. The lowest BCUT2D eigenvalue weighted by Crippen LogP contribution is -2.21. The summed E-state index contributed by atoms with van der Waals surface area (Å²) >= 11 is 0. The number of rotatable bonds is 6. The number of aromatic nitrogens is 6. The van der Waals surface area contributed by atoms with E-state index in [0.29, 0.717) is 0 Å². The largest absolute Gasteiger partial charge is 0.358 e. The topological polar surface area (TPSA) is 64.7 Å². The fraction of sp³-hybridized carbons (Fsp3) is 0.375. The second-order valence-electron chi connectivity index (χ2n) is 5.65. The summed E-state index contributed by atoms with van der Waals surface area (Å²) in [6.45, 7) is 5.83. The van der Waals surface area contributed by atoms with E-state index in [0.717, 1.165) is 42.5 Å². The van der Waals surface area contributed by atoms with Gasteiger partial charge in [-0.1, -0.05) is 0 Å². The van der Waals surface area contributed by atoms with Crippen LogP contribution in [0.4, 0.5) is 5.82 Å². The van der Waals surface area contributed by atoms with Gasteiger partial charge in [-0.15, -0.1) is 0 Å². The fourth-order valence-electron chi connectivity index (χ4n) is 2.52. The molecule has 3 aromatic rings. The highest BCUT2D eigenvalue weighted by molar-refractivity contribution is 5.38. The highest BCUT2D eigenvalue weighted by atomic mass is 15.3. The molecule has 0 aliphatic heterocycles. The molecule has 3 aromatic heterocycles. The van der Waals surface area contributed by atoms with Gasteiger partial charge >= 0.3 is 0 Å². The van der Waals surface area contributed by atoms with Crippen LogP contribution in [0.15, 0.2) is 37.2 Å². The summed E-state index contributed by atoms with van der Waals surface area (Å²) in [6.07, 6.45) is 10.1. The van der Waals surface area contributed by atoms with Gasteiger partial charge in [0.2, 0.25) is 0 Å². The molecule has 0 bridgehead atoms. The van der Waals surface area contributed by atoms with Crippen LogP contribution >= 0.6 is 0 Å². The Balaban J connectivity index is 1.67. The molecule has 0 N–H and O–H groups in total. The molecule has 3 rings (SSSR count). The first kappa shape index (κ1) is 15.2. The van der Waals surface area contributed by atoms with Crippen molar-refractivity contribution in [3.8, 4) is 5.82 Å². The van der Waals surface area contributed by atoms with Gasteiger partial charge in [-0.2, -0.15) is 5.10 Å². The molecule has 7 heteroatoms. The van der Waals surface area contributed by atoms with Gasteiger partial charge in [0, 0.05) is 38.2 Å². The maximum atomic E-state index is 4.68. The lowest BCUT2D eigenvalue weighted by atomic mass is 10.4. The summed E-state index contributed by atoms with van der Waals surface area (Å²) < 4.78 is 3.90. The molecule has 3 heterocycles. The number of imidazole rings is 1. The predicted molar refractivity (Wildman–Crippen MR) is 88.7 cm³/mol. The lowest BCUT2D eigenvalue weighted by Gasteiger charge is -2.18. The Bertz CT molecular complexity index is 761. The van der Waals surface area contributed by atoms with Crippen molar-refractivity contribution in [2.45, 2.75) is 26.8 Å². The molecule has 0 radical (unpaired) electrons. The normalized spacial score (nSPS) is 10.9. The van der Waals surface area contributed by atoms with Gasteiger partial charge in [0.15, 0.2) is 5.82 Å². The maximum Gasteiger partial charge on any atom is 0.174 e. The van der Waals surface area contributed by atoms with Crippen LogP contribution in [0, 0.1) is 13.8 Å². The standard InChI is InChI=1S/C16H21N7/c1-13-9-14(2)23(20-13)16-11-18-10-15(19-16)21(3)6-4-7-22-8-5-17-12-22/h5,8-12H,4,6-7H2,1-3H3. The third-order valence-electron chi connectivity index (χ3n) is 3.70. The average molecular weight is 311 g/mol. The quantitative estimate of drug-likeness (QED) is 0.696. The summed E-state index contributed by atoms with van der Waals surface area (Å²) in [5.41, 5.74) is 2.03. The Morgan fingerprint density at radius 1 is 1.17 bits per heavy atom. The smallest absolute Gasteiger partial charge is 0.174 e. The number of anilines is 1. The molecule has 7 nitrogen and oxygen atoms in total. The molecule has 0 aliphatic carbocycles. The molecule has 0 atom stereocenters. The van der Waals surface area contributed by atoms with Gasteiger partial charge < -0.3 is 9.47 Å². The van der Waals surface area contributed by atoms with E-state index in [1.54, 1.807) is 18.6 Å². The Labute approximate surface area is 135 Å². The number of hydrogen-bond donors (Lipinski definition) is 0. The third-order valence-corrected chi connectivity index (χ3v) is 3.70. The van der Waals surface area contributed by atoms with E-state index in [-0.39, 0.29) is 0 Å². The van der Waals surface area contributed by atoms with Gasteiger partial charge in [-0.25, -0.2) is 14.6 Å². The van der Waals surface area contributed by atoms with Gasteiger partial charge in [-0.3, -0.25) is 4.98 Å². The molecule has 23 heavy (non-hydrogen) atoms. The zero-order valence-corrected chi connectivity index (χ0v) is 13.7. The molecule has 0 amide bonds. The van der Waals surface area contributed by atoms with Crippen molar-refractivity contribution >= 4 is 5.82 Å². The highest BCUT2D eigenvalue weighted by Gasteiger charge is 2.09. The first-order valence-corrected chi connectivity index (χ1v) is 7.66. The van der Waals surface area contributed by atoms with Crippen LogP contribution < -0.4 is 4.90 Å². The monoisotopic (exact) mass is 311 g/mol. The SMILES string of the molecule is Cc1cc(C)n(-c2cncc(N(C)CCCn3ccnc3)n2)n1. The minimum atomic E-state index is 0.745. The van der Waals surface area contributed by atoms with Crippen LogP contribution in [0.3, 0.4) is 0 Å². The van der Waals surface area contributed by atoms with Gasteiger partial charge in [0.1, 0.15) is 5.82 Å². The third kappa shape index (κ3) is 3.56. The molecular formula is C16H21N7. The minimum Gasteiger partial charge on any atom is -0.358 e. The van der Waals surface area contributed by atoms with Gasteiger partial charge in [0.25, 0.3) is 0 Å². The van der Waals surface area contributed by atoms with E-state index >= 15 is 0 Å². The summed E-state index contributed by atoms with van der Waals surface area (Å²) in [6, 6.07) is 2.03. The Morgan fingerprint density at radius 2 is 2.04 bits per heavy atom. The molecule has 0 spiro atoms. The van der Waals surface area contributed by atoms with E-state index in [1.165, 1.54) is 0 Å². The van der Waals surface area contributed by atoms with E-state index in [1.807, 2.05) is 44.2 Å². The molecular weight excluding hydrogens is 290 g/mol. The zero-order chi connectivity index (χ0) is 16.2. The van der Waals surface area contributed by atoms with Crippen LogP contribution in [0.1, 0.15) is 17.8 Å². The van der Waals surface area contributed by atoms with Crippen LogP contribution in [-0.2, 0) is 6.54 Å². The van der Waals surface area contributed by atoms with Crippen LogP contribution in [0.2, 0.25) is 0 Å². The molecule has 0 saturated carbocycles. The number of aryl methyl sites for hydroxylation is 3. The molecule has 0 aromatic carbocycles. The summed E-state index contributed by atoms with van der Waals surface area (Å²) in [4.78, 5) is 15.1. The van der Waals surface area contributed by atoms with Crippen molar-refractivity contribution in [1.29, 1.82) is 0 Å². The molecule has 0 unspecified atom stereocenters. The van der Waals surface area contributed by atoms with E-state index in [9.17, 15) is 0 Å². The van der Waals surface area contributed by atoms with Crippen LogP contribution in [0.25, 0.3) is 5.82 Å². The van der Waals surface area contributed by atoms with Gasteiger partial charge in [-0.05, 0) is 26.3 Å². The average Bonchev–Trinajstić information content (AvgIpc) is 3.17. The molecule has 120 valence electrons. The van der Waals surface area contributed by atoms with Crippen molar-refractivity contribution in [2.75, 3.05) is 18.5 Å². The van der Waals surface area contributed by atoms with E-state index in [4.69, 9.17) is 0 Å². The zero-order valence-electron chi connectivity index (χ0n) is 13.7. The number of nitrogens with zero attached hydrogens (tertiary/aromatic N) is 7. The summed E-state index contributed by atoms with van der Waals surface area (Å²) in [7, 11) is 2.03. The number of hydrogen-bond acceptors (Lipinski definition) is 5. The van der Waals surface area contributed by atoms with Crippen molar-refractivity contribution in [1.82, 2.24) is 29.3 Å². The maximum absolute atomic E-state index is 4.68. The van der Waals surface area contributed by atoms with E-state index < -0.39 is 0 Å². The molecule has 0 fully saturated rings. The molecule has 0 saturated heterocycles. The van der Waals surface area contributed by atoms with Crippen molar-refractivity contribution < 1.29 is 0 Å². The highest BCUT2D eigenvalue weighted by Crippen LogP contribution is 2.13. The van der Waals surface area contributed by atoms with Crippen molar-refractivity contribution in [3.05, 3.63) is 48.6 Å². The summed E-state index contributed by atoms with van der Waals surface area (Å²) in [5, 5.41) is 4.46. The Morgan fingerprint density at radius 3 is 2.74 bits per heavy atom. The van der Waals surface area contributed by atoms with Crippen LogP contribution in [0.5, 0.6) is 0 Å². The molecule has 0 aliphatic rings. The van der Waals surface area contributed by atoms with E-state index in [2.05, 4.69) is 29.5 Å². The van der Waals surface area contributed by atoms with Crippen molar-refractivity contribution in [3.63, 3.8) is 0 Å². The van der Waals surface area contributed by atoms with Crippen molar-refractivity contribution in [2.24, 2.45) is 0 Å². The fourth-order valence-corrected chi connectivity index (χ4v) is 2.52. The predicted octanol–water partition coefficient (Wildman–Crippen LogP) is 2.00. The Hall–Kier alpha value is -2.70. The van der Waals surface area contributed by atoms with Gasteiger partial charge in [0.05, 0.1) is 24.4 Å². The first-order valence-electron chi connectivity index (χ1n) is 7.66. The summed E-state index contributed by atoms with van der Waals surface area (Å²) in [5.74, 6) is 1.59.